The van der Waals surface area contributed by atoms with Gasteiger partial charge in [-0.1, -0.05) is 18.6 Å². The monoisotopic (exact) mass is 350 g/mol. The molecule has 1 aromatic carbocycles. The van der Waals surface area contributed by atoms with Crippen molar-refractivity contribution in [3.63, 3.8) is 0 Å². The van der Waals surface area contributed by atoms with Crippen molar-refractivity contribution in [2.24, 2.45) is 16.7 Å². The minimum Gasteiger partial charge on any atom is -0.447 e. The summed E-state index contributed by atoms with van der Waals surface area (Å²) in [4.78, 5) is 0. The van der Waals surface area contributed by atoms with Gasteiger partial charge in [0.1, 0.15) is 11.9 Å². The second kappa shape index (κ2) is 5.27. The minimum absolute atomic E-state index is 0.317. The van der Waals surface area contributed by atoms with E-state index in [4.69, 9.17) is 14.9 Å². The Balaban J connectivity index is 2.02. The molecule has 26 heavy (non-hydrogen) atoms. The Hall–Kier alpha value is -2.95. The highest BCUT2D eigenvalue weighted by Gasteiger charge is 2.80. The van der Waals surface area contributed by atoms with Crippen LogP contribution in [0.25, 0.3) is 0 Å². The first kappa shape index (κ1) is 16.5. The third kappa shape index (κ3) is 1.68. The van der Waals surface area contributed by atoms with Gasteiger partial charge in [-0.3, -0.25) is 5.41 Å². The van der Waals surface area contributed by atoms with Gasteiger partial charge < -0.3 is 9.47 Å². The predicted octanol–water partition coefficient (Wildman–Crippen LogP) is 3.33. The van der Waals surface area contributed by atoms with Crippen LogP contribution in [0.1, 0.15) is 37.4 Å². The van der Waals surface area contributed by atoms with E-state index in [1.54, 1.807) is 6.07 Å². The van der Waals surface area contributed by atoms with E-state index in [0.717, 1.165) is 12.8 Å². The molecule has 0 aromatic heterocycles. The first-order valence-corrected chi connectivity index (χ1v) is 8.45. The van der Waals surface area contributed by atoms with E-state index < -0.39 is 40.4 Å². The van der Waals surface area contributed by atoms with Gasteiger partial charge in [0, 0.05) is 6.42 Å². The number of nitrogens with zero attached hydrogens (tertiary/aromatic N) is 3. The smallest absolute Gasteiger partial charge is 0.218 e. The number of nitrogens with one attached hydrogen (secondary N) is 1. The summed E-state index contributed by atoms with van der Waals surface area (Å²) in [6, 6.07) is 11.6. The van der Waals surface area contributed by atoms with Crippen LogP contribution in [-0.2, 0) is 9.47 Å². The molecule has 7 heteroatoms. The van der Waals surface area contributed by atoms with Gasteiger partial charge in [-0.2, -0.15) is 15.8 Å². The van der Waals surface area contributed by atoms with Crippen molar-refractivity contribution in [2.45, 2.75) is 37.6 Å². The van der Waals surface area contributed by atoms with Gasteiger partial charge in [-0.15, -0.1) is 0 Å². The summed E-state index contributed by atoms with van der Waals surface area (Å²) >= 11 is 0. The van der Waals surface area contributed by atoms with Crippen LogP contribution in [-0.4, -0.2) is 11.7 Å². The molecule has 1 saturated carbocycles. The Kier molecular flexibility index (Phi) is 3.35. The molecule has 1 N–H and O–H groups in total. The summed E-state index contributed by atoms with van der Waals surface area (Å²) in [6.07, 6.45) is 1.32. The number of fused-ring (bicyclic) bond motifs is 2. The molecule has 1 spiro atoms. The maximum Gasteiger partial charge on any atom is 0.218 e. The third-order valence-corrected chi connectivity index (χ3v) is 5.97. The first-order chi connectivity index (χ1) is 12.5. The molecule has 3 heterocycles. The first-order valence-electron chi connectivity index (χ1n) is 8.45. The lowest BCUT2D eigenvalue weighted by Crippen LogP contribution is -2.73. The zero-order chi connectivity index (χ0) is 18.6. The van der Waals surface area contributed by atoms with Gasteiger partial charge in [0.2, 0.25) is 11.7 Å². The lowest BCUT2D eigenvalue weighted by Gasteiger charge is -2.63. The Morgan fingerprint density at radius 1 is 1.15 bits per heavy atom. The van der Waals surface area contributed by atoms with E-state index in [1.807, 2.05) is 6.07 Å². The van der Waals surface area contributed by atoms with Crippen LogP contribution in [0.15, 0.2) is 24.3 Å². The minimum atomic E-state index is -1.95. The molecule has 130 valence electrons. The SMILES string of the molecule is N#CC1(C#N)[C@H]2CCCC[C@@]23OC(=N)[C@]1(C#N)[C@@H](c1cccc(F)c1)O3. The van der Waals surface area contributed by atoms with Crippen molar-refractivity contribution in [3.05, 3.63) is 35.6 Å². The highest BCUT2D eigenvalue weighted by molar-refractivity contribution is 5.89. The van der Waals surface area contributed by atoms with Crippen LogP contribution in [0.4, 0.5) is 4.39 Å². The average Bonchev–Trinajstić information content (AvgIpc) is 2.66. The van der Waals surface area contributed by atoms with E-state index >= 15 is 0 Å². The van der Waals surface area contributed by atoms with Crippen LogP contribution < -0.4 is 0 Å². The van der Waals surface area contributed by atoms with E-state index in [9.17, 15) is 20.2 Å². The number of nitriles is 3. The average molecular weight is 350 g/mol. The topological polar surface area (TPSA) is 114 Å². The fourth-order valence-corrected chi connectivity index (χ4v) is 4.81. The number of rotatable bonds is 1. The summed E-state index contributed by atoms with van der Waals surface area (Å²) in [5, 5.41) is 38.5. The summed E-state index contributed by atoms with van der Waals surface area (Å²) in [6.45, 7) is 0. The Morgan fingerprint density at radius 3 is 2.58 bits per heavy atom. The van der Waals surface area contributed by atoms with Crippen LogP contribution in [0.5, 0.6) is 0 Å². The summed E-state index contributed by atoms with van der Waals surface area (Å²) < 4.78 is 25.8. The molecule has 3 saturated heterocycles. The quantitative estimate of drug-likeness (QED) is 0.834. The molecule has 5 rings (SSSR count). The van der Waals surface area contributed by atoms with Gasteiger partial charge in [-0.25, -0.2) is 4.39 Å². The van der Waals surface area contributed by atoms with Crippen molar-refractivity contribution < 1.29 is 13.9 Å². The summed E-state index contributed by atoms with van der Waals surface area (Å²) in [5.74, 6) is -2.92. The molecule has 4 fully saturated rings. The predicted molar refractivity (Wildman–Crippen MR) is 85.4 cm³/mol. The Morgan fingerprint density at radius 2 is 1.92 bits per heavy atom. The van der Waals surface area contributed by atoms with Crippen molar-refractivity contribution >= 4 is 5.90 Å². The van der Waals surface area contributed by atoms with Crippen LogP contribution in [0.3, 0.4) is 0 Å². The molecular formula is C19H15FN4O2. The molecule has 0 amide bonds. The molecule has 0 radical (unpaired) electrons. The number of halogens is 1. The van der Waals surface area contributed by atoms with Gasteiger partial charge >= 0.3 is 0 Å². The second-order valence-corrected chi connectivity index (χ2v) is 7.05. The fourth-order valence-electron chi connectivity index (χ4n) is 4.81. The lowest BCUT2D eigenvalue weighted by atomic mass is 9.48. The van der Waals surface area contributed by atoms with Crippen molar-refractivity contribution in [1.29, 1.82) is 21.2 Å². The second-order valence-electron chi connectivity index (χ2n) is 7.05. The molecule has 3 aliphatic heterocycles. The highest BCUT2D eigenvalue weighted by Crippen LogP contribution is 2.69. The van der Waals surface area contributed by atoms with Crippen molar-refractivity contribution in [1.82, 2.24) is 0 Å². The van der Waals surface area contributed by atoms with E-state index in [1.165, 1.54) is 18.2 Å². The van der Waals surface area contributed by atoms with E-state index in [0.29, 0.717) is 18.4 Å². The fraction of sp³-hybridized carbons (Fsp3) is 0.474. The third-order valence-electron chi connectivity index (χ3n) is 5.97. The molecule has 6 nitrogen and oxygen atoms in total. The number of hydrogen-bond donors (Lipinski definition) is 1. The van der Waals surface area contributed by atoms with Crippen LogP contribution in [0.2, 0.25) is 0 Å². The number of ether oxygens (including phenoxy) is 2. The highest BCUT2D eigenvalue weighted by atomic mass is 19.1. The van der Waals surface area contributed by atoms with Gasteiger partial charge in [0.15, 0.2) is 10.8 Å². The van der Waals surface area contributed by atoms with E-state index in [2.05, 4.69) is 12.1 Å². The largest absolute Gasteiger partial charge is 0.447 e. The maximum absolute atomic E-state index is 13.8. The van der Waals surface area contributed by atoms with Gasteiger partial charge in [0.25, 0.3) is 0 Å². The van der Waals surface area contributed by atoms with Crippen LogP contribution >= 0.6 is 0 Å². The summed E-state index contributed by atoms with van der Waals surface area (Å²) in [7, 11) is 0. The van der Waals surface area contributed by atoms with Crippen molar-refractivity contribution in [3.8, 4) is 18.2 Å². The van der Waals surface area contributed by atoms with Crippen molar-refractivity contribution in [2.75, 3.05) is 0 Å². The Labute approximate surface area is 149 Å². The Bertz CT molecular complexity index is 913. The molecule has 4 atom stereocenters. The zero-order valence-electron chi connectivity index (χ0n) is 13.8. The number of hydrogen-bond acceptors (Lipinski definition) is 6. The summed E-state index contributed by atoms with van der Waals surface area (Å²) in [5.41, 5.74) is -3.43. The molecule has 0 unspecified atom stereocenters. The lowest BCUT2D eigenvalue weighted by molar-refractivity contribution is -0.360. The van der Waals surface area contributed by atoms with Crippen LogP contribution in [0, 0.1) is 62.0 Å². The molecular weight excluding hydrogens is 335 g/mol. The van der Waals surface area contributed by atoms with Gasteiger partial charge in [-0.05, 0) is 30.5 Å². The normalized spacial score (nSPS) is 36.8. The van der Waals surface area contributed by atoms with Gasteiger partial charge in [0.05, 0.1) is 24.1 Å². The van der Waals surface area contributed by atoms with E-state index in [-0.39, 0.29) is 0 Å². The zero-order valence-corrected chi connectivity index (χ0v) is 13.8. The molecule has 1 aliphatic carbocycles. The molecule has 4 aliphatic rings. The molecule has 1 aromatic rings. The standard InChI is InChI=1S/C19H15FN4O2/c20-13-5-3-4-12(8-13)15-18(11-23)16(24)26-19(25-15)7-2-1-6-14(19)17(18,9-21)10-22/h3-5,8,14-15,24H,1-2,6-7H2/t14-,15-,18+,19-/m1/s1. The number of benzene rings is 1. The maximum atomic E-state index is 13.8. The molecule has 2 bridgehead atoms.